The van der Waals surface area contributed by atoms with Crippen molar-refractivity contribution in [3.8, 4) is 0 Å². The van der Waals surface area contributed by atoms with Crippen molar-refractivity contribution >= 4 is 39.5 Å². The van der Waals surface area contributed by atoms with Gasteiger partial charge in [-0.3, -0.25) is 37.3 Å². The Labute approximate surface area is 643 Å². The van der Waals surface area contributed by atoms with Crippen LogP contribution in [0.15, 0.2) is 24.3 Å². The molecule has 0 aliphatic carbocycles. The van der Waals surface area contributed by atoms with Crippen molar-refractivity contribution in [2.24, 2.45) is 17.8 Å². The molecule has 0 fully saturated rings. The van der Waals surface area contributed by atoms with Crippen molar-refractivity contribution < 1.29 is 80.2 Å². The first kappa shape index (κ1) is 103. The molecule has 105 heavy (non-hydrogen) atoms. The van der Waals surface area contributed by atoms with Crippen molar-refractivity contribution in [1.29, 1.82) is 0 Å². The molecule has 0 bridgehead atoms. The van der Waals surface area contributed by atoms with E-state index in [1.165, 1.54) is 212 Å². The van der Waals surface area contributed by atoms with Gasteiger partial charge in [-0.05, 0) is 69.1 Å². The molecular weight excluding hydrogens is 1370 g/mol. The molecule has 0 heterocycles. The van der Waals surface area contributed by atoms with E-state index in [2.05, 4.69) is 72.8 Å². The summed E-state index contributed by atoms with van der Waals surface area (Å²) in [7, 11) is -9.94. The molecule has 0 aliphatic rings. The molecule has 0 radical (unpaired) electrons. The van der Waals surface area contributed by atoms with E-state index in [9.17, 15) is 43.2 Å². The van der Waals surface area contributed by atoms with Crippen molar-refractivity contribution in [3.63, 3.8) is 0 Å². The van der Waals surface area contributed by atoms with E-state index in [0.717, 1.165) is 133 Å². The maximum atomic E-state index is 13.1. The summed E-state index contributed by atoms with van der Waals surface area (Å²) in [6, 6.07) is 0. The molecule has 0 saturated heterocycles. The number of esters is 4. The summed E-state index contributed by atoms with van der Waals surface area (Å²) in [5.41, 5.74) is 0. The van der Waals surface area contributed by atoms with Crippen LogP contribution in [-0.2, 0) is 65.4 Å². The molecule has 0 aliphatic heterocycles. The monoisotopic (exact) mass is 1530 g/mol. The van der Waals surface area contributed by atoms with Gasteiger partial charge in [0.2, 0.25) is 0 Å². The molecule has 0 spiro atoms. The summed E-state index contributed by atoms with van der Waals surface area (Å²) in [4.78, 5) is 73.2. The van der Waals surface area contributed by atoms with Gasteiger partial charge in [0, 0.05) is 25.7 Å². The predicted molar refractivity (Wildman–Crippen MR) is 432 cm³/mol. The molecular formula is C86H164O17P2. The van der Waals surface area contributed by atoms with Crippen LogP contribution in [0, 0.1) is 17.8 Å². The van der Waals surface area contributed by atoms with Crippen molar-refractivity contribution in [2.75, 3.05) is 39.6 Å². The molecule has 17 nitrogen and oxygen atoms in total. The third kappa shape index (κ3) is 76.7. The molecule has 620 valence electrons. The van der Waals surface area contributed by atoms with Gasteiger partial charge in [-0.1, -0.05) is 375 Å². The Balaban J connectivity index is 5.24. The number of rotatable bonds is 82. The Morgan fingerprint density at radius 1 is 0.314 bits per heavy atom. The number of aliphatic hydroxyl groups excluding tert-OH is 1. The summed E-state index contributed by atoms with van der Waals surface area (Å²) in [6.07, 6.45) is 68.9. The molecule has 0 aromatic heterocycles. The first-order valence-electron chi connectivity index (χ1n) is 43.7. The normalized spacial score (nSPS) is 14.5. The van der Waals surface area contributed by atoms with E-state index in [4.69, 9.17) is 37.0 Å². The number of carbonyl (C=O) groups excluding carboxylic acids is 4. The standard InChI is InChI=1S/C86H164O17P2/c1-8-11-12-13-14-15-16-17-23-30-35-40-45-53-60-67-83(88)96-73-81(102-85(90)69-63-56-47-42-37-32-27-22-24-28-33-38-43-50-57-64-77(4)5)75-100-104(92,93)98-71-80(87)72-99-105(94,95)101-76-82(74-97-84(89)68-61-54-49-48-52-59-66-79(7)10-3)103-86(91)70-62-55-46-41-36-31-26-21-19-18-20-25-29-34-39-44-51-58-65-78(6)9-2/h15-17,23,77-82,87H,8-14,18-22,24-76H2,1-7H3,(H,92,93)(H,94,95)/b16-15-,23-17-/t78?,79?,80-,81-,82-/m1/s1. The molecule has 0 amide bonds. The zero-order valence-corrected chi connectivity index (χ0v) is 70.5. The van der Waals surface area contributed by atoms with Crippen molar-refractivity contribution in [1.82, 2.24) is 0 Å². The summed E-state index contributed by atoms with van der Waals surface area (Å²) in [5, 5.41) is 10.7. The number of unbranched alkanes of at least 4 members (excludes halogenated alkanes) is 45. The highest BCUT2D eigenvalue weighted by molar-refractivity contribution is 7.47. The van der Waals surface area contributed by atoms with Crippen LogP contribution in [0.1, 0.15) is 427 Å². The van der Waals surface area contributed by atoms with Crippen LogP contribution in [0.5, 0.6) is 0 Å². The highest BCUT2D eigenvalue weighted by Crippen LogP contribution is 2.45. The lowest BCUT2D eigenvalue weighted by atomic mass is 9.99. The third-order valence-electron chi connectivity index (χ3n) is 20.2. The van der Waals surface area contributed by atoms with Crippen LogP contribution in [-0.4, -0.2) is 96.7 Å². The SMILES string of the molecule is CCCCCC/C=C\C=C/CCCCCCCC(=O)OC[C@H](COP(=O)(O)OC[C@@H](O)COP(=O)(O)OC[C@@H](COC(=O)CCCCCCCCC(C)CC)OC(=O)CCCCCCCCCCCCCCCCCCCCC(C)CC)OC(=O)CCCCCCCCCCCCCCCCCC(C)C. The van der Waals surface area contributed by atoms with E-state index < -0.39 is 97.5 Å². The zero-order valence-electron chi connectivity index (χ0n) is 68.7. The maximum Gasteiger partial charge on any atom is 0.472 e. The smallest absolute Gasteiger partial charge is 0.462 e. The van der Waals surface area contributed by atoms with Crippen LogP contribution < -0.4 is 0 Å². The van der Waals surface area contributed by atoms with Gasteiger partial charge < -0.3 is 33.8 Å². The number of carbonyl (C=O) groups is 4. The molecule has 0 saturated carbocycles. The number of aliphatic hydroxyl groups is 1. The predicted octanol–water partition coefficient (Wildman–Crippen LogP) is 25.6. The fraction of sp³-hybridized carbons (Fsp3) is 0.907. The lowest BCUT2D eigenvalue weighted by Gasteiger charge is -2.21. The van der Waals surface area contributed by atoms with E-state index in [-0.39, 0.29) is 25.7 Å². The van der Waals surface area contributed by atoms with Gasteiger partial charge in [0.15, 0.2) is 12.2 Å². The highest BCUT2D eigenvalue weighted by atomic mass is 31.2. The first-order chi connectivity index (χ1) is 50.8. The van der Waals surface area contributed by atoms with Gasteiger partial charge >= 0.3 is 39.5 Å². The average molecular weight is 1530 g/mol. The Kier molecular flexibility index (Phi) is 73.8. The van der Waals surface area contributed by atoms with Gasteiger partial charge in [0.05, 0.1) is 26.4 Å². The topological polar surface area (TPSA) is 237 Å². The highest BCUT2D eigenvalue weighted by Gasteiger charge is 2.30. The molecule has 0 aromatic rings. The lowest BCUT2D eigenvalue weighted by molar-refractivity contribution is -0.161. The summed E-state index contributed by atoms with van der Waals surface area (Å²) < 4.78 is 68.8. The van der Waals surface area contributed by atoms with E-state index in [1.807, 2.05) is 0 Å². The number of phosphoric ester groups is 2. The lowest BCUT2D eigenvalue weighted by Crippen LogP contribution is -2.30. The molecule has 7 atom stereocenters. The Bertz CT molecular complexity index is 2130. The minimum absolute atomic E-state index is 0.101. The van der Waals surface area contributed by atoms with Crippen LogP contribution in [0.3, 0.4) is 0 Å². The van der Waals surface area contributed by atoms with Crippen LogP contribution >= 0.6 is 15.6 Å². The van der Waals surface area contributed by atoms with Gasteiger partial charge in [-0.15, -0.1) is 0 Å². The van der Waals surface area contributed by atoms with Crippen molar-refractivity contribution in [2.45, 2.75) is 446 Å². The first-order valence-corrected chi connectivity index (χ1v) is 46.7. The van der Waals surface area contributed by atoms with Crippen LogP contribution in [0.4, 0.5) is 0 Å². The number of hydrogen-bond donors (Lipinski definition) is 3. The second-order valence-corrected chi connectivity index (χ2v) is 34.1. The molecule has 19 heteroatoms. The fourth-order valence-corrected chi connectivity index (χ4v) is 14.3. The second kappa shape index (κ2) is 75.6. The van der Waals surface area contributed by atoms with E-state index >= 15 is 0 Å². The van der Waals surface area contributed by atoms with Crippen molar-refractivity contribution in [3.05, 3.63) is 24.3 Å². The van der Waals surface area contributed by atoms with Gasteiger partial charge in [-0.25, -0.2) is 9.13 Å². The average Bonchev–Trinajstić information content (AvgIpc) is 0.925. The fourth-order valence-electron chi connectivity index (χ4n) is 12.8. The summed E-state index contributed by atoms with van der Waals surface area (Å²) in [5.74, 6) is 0.263. The third-order valence-corrected chi connectivity index (χ3v) is 22.1. The Morgan fingerprint density at radius 3 is 0.848 bits per heavy atom. The van der Waals surface area contributed by atoms with E-state index in [1.54, 1.807) is 0 Å². The molecule has 0 aromatic carbocycles. The van der Waals surface area contributed by atoms with Crippen LogP contribution in [0.25, 0.3) is 0 Å². The zero-order chi connectivity index (χ0) is 77.2. The number of phosphoric acid groups is 2. The number of ether oxygens (including phenoxy) is 4. The van der Waals surface area contributed by atoms with Gasteiger partial charge in [-0.2, -0.15) is 0 Å². The Hall–Kier alpha value is -2.46. The molecule has 4 unspecified atom stereocenters. The largest absolute Gasteiger partial charge is 0.472 e. The summed E-state index contributed by atoms with van der Waals surface area (Å²) in [6.45, 7) is 12.0. The Morgan fingerprint density at radius 2 is 0.562 bits per heavy atom. The molecule has 0 rings (SSSR count). The number of allylic oxidation sites excluding steroid dienone is 4. The minimum atomic E-state index is -4.97. The maximum absolute atomic E-state index is 13.1. The minimum Gasteiger partial charge on any atom is -0.462 e. The van der Waals surface area contributed by atoms with E-state index in [0.29, 0.717) is 25.7 Å². The van der Waals surface area contributed by atoms with Gasteiger partial charge in [0.25, 0.3) is 0 Å². The van der Waals surface area contributed by atoms with Crippen LogP contribution in [0.2, 0.25) is 0 Å². The quantitative estimate of drug-likeness (QED) is 0.0169. The second-order valence-electron chi connectivity index (χ2n) is 31.2. The number of hydrogen-bond acceptors (Lipinski definition) is 15. The summed E-state index contributed by atoms with van der Waals surface area (Å²) >= 11 is 0. The van der Waals surface area contributed by atoms with Gasteiger partial charge in [0.1, 0.15) is 19.3 Å². The molecule has 3 N–H and O–H groups in total.